The van der Waals surface area contributed by atoms with Crippen LogP contribution < -0.4 is 10.1 Å². The number of nitro benzene ring substituents is 1. The number of halogens is 4. The highest BCUT2D eigenvalue weighted by Crippen LogP contribution is 2.40. The molecular weight excluding hydrogens is 531 g/mol. The van der Waals surface area contributed by atoms with E-state index in [1.807, 2.05) is 32.0 Å². The van der Waals surface area contributed by atoms with Crippen molar-refractivity contribution in [1.29, 1.82) is 0 Å². The molecule has 0 radical (unpaired) electrons. The lowest BCUT2D eigenvalue weighted by Crippen LogP contribution is -2.19. The molecule has 1 amide bonds. The van der Waals surface area contributed by atoms with E-state index in [4.69, 9.17) is 16.3 Å². The molecule has 190 valence electrons. The number of benzene rings is 3. The Balaban J connectivity index is 1.55. The number of amides is 1. The van der Waals surface area contributed by atoms with Gasteiger partial charge < -0.3 is 10.1 Å². The number of nitro groups is 1. The van der Waals surface area contributed by atoms with Crippen LogP contribution >= 0.6 is 23.4 Å². The first-order valence-corrected chi connectivity index (χ1v) is 11.8. The Kier molecular flexibility index (Phi) is 7.28. The number of aliphatic imine (C=N–C) groups is 1. The maximum atomic E-state index is 12.9. The predicted molar refractivity (Wildman–Crippen MR) is 136 cm³/mol. The Hall–Kier alpha value is -3.83. The first-order valence-electron chi connectivity index (χ1n) is 10.6. The zero-order chi connectivity index (χ0) is 26.9. The molecule has 4 rings (SSSR count). The topological polar surface area (TPSA) is 93.8 Å². The number of thioether (sulfide) groups is 1. The molecule has 37 heavy (non-hydrogen) atoms. The molecule has 1 aliphatic heterocycles. The van der Waals surface area contributed by atoms with Crippen molar-refractivity contribution in [2.45, 2.75) is 20.0 Å². The molecule has 3 aromatic carbocycles. The van der Waals surface area contributed by atoms with E-state index in [1.165, 1.54) is 12.1 Å². The highest BCUT2D eigenvalue weighted by molar-refractivity contribution is 8.18. The molecule has 0 unspecified atom stereocenters. The Morgan fingerprint density at radius 2 is 1.81 bits per heavy atom. The zero-order valence-corrected chi connectivity index (χ0v) is 20.8. The van der Waals surface area contributed by atoms with Gasteiger partial charge in [-0.25, -0.2) is 4.99 Å². The van der Waals surface area contributed by atoms with Crippen molar-refractivity contribution < 1.29 is 27.6 Å². The standard InChI is InChI=1S/C25H17ClF3N3O4S/c1-13-3-6-18(14(2)9-13)30-24-31-23(33)22(37-24)11-15-4-7-20(17(26)10-15)36-21-8-5-16(25(27,28)29)12-19(21)32(34)35/h3-12H,1-2H3,(H,30,31,33)/b22-11-. The number of carbonyl (C=O) groups is 1. The van der Waals surface area contributed by atoms with Crippen molar-refractivity contribution >= 4 is 51.9 Å². The van der Waals surface area contributed by atoms with Crippen molar-refractivity contribution in [2.75, 3.05) is 0 Å². The quantitative estimate of drug-likeness (QED) is 0.202. The van der Waals surface area contributed by atoms with E-state index < -0.39 is 28.1 Å². The van der Waals surface area contributed by atoms with Crippen LogP contribution in [0.5, 0.6) is 11.5 Å². The molecule has 0 aliphatic carbocycles. The van der Waals surface area contributed by atoms with E-state index in [-0.39, 0.29) is 16.7 Å². The van der Waals surface area contributed by atoms with E-state index in [0.29, 0.717) is 27.8 Å². The fraction of sp³-hybridized carbons (Fsp3) is 0.120. The zero-order valence-electron chi connectivity index (χ0n) is 19.2. The van der Waals surface area contributed by atoms with Gasteiger partial charge in [-0.3, -0.25) is 14.9 Å². The van der Waals surface area contributed by atoms with Crippen LogP contribution in [-0.4, -0.2) is 16.0 Å². The van der Waals surface area contributed by atoms with Gasteiger partial charge in [0.05, 0.1) is 26.1 Å². The van der Waals surface area contributed by atoms with Crippen LogP contribution in [-0.2, 0) is 11.0 Å². The van der Waals surface area contributed by atoms with E-state index in [1.54, 1.807) is 12.1 Å². The van der Waals surface area contributed by atoms with Crippen molar-refractivity contribution in [3.8, 4) is 11.5 Å². The van der Waals surface area contributed by atoms with Gasteiger partial charge in [-0.15, -0.1) is 0 Å². The minimum Gasteiger partial charge on any atom is -0.449 e. The summed E-state index contributed by atoms with van der Waals surface area (Å²) >= 11 is 7.42. The molecule has 3 aromatic rings. The van der Waals surface area contributed by atoms with E-state index in [2.05, 4.69) is 10.3 Å². The van der Waals surface area contributed by atoms with Crippen LogP contribution in [0.2, 0.25) is 5.02 Å². The molecule has 12 heteroatoms. The monoisotopic (exact) mass is 547 g/mol. The lowest BCUT2D eigenvalue weighted by molar-refractivity contribution is -0.385. The highest BCUT2D eigenvalue weighted by Gasteiger charge is 2.33. The second-order valence-electron chi connectivity index (χ2n) is 8.00. The summed E-state index contributed by atoms with van der Waals surface area (Å²) in [5.41, 5.74) is 1.30. The van der Waals surface area contributed by atoms with Crippen molar-refractivity contribution in [1.82, 2.24) is 5.32 Å². The number of nitrogens with zero attached hydrogens (tertiary/aromatic N) is 2. The number of aryl methyl sites for hydroxylation is 2. The van der Waals surface area contributed by atoms with Gasteiger partial charge in [-0.2, -0.15) is 13.2 Å². The van der Waals surface area contributed by atoms with Crippen LogP contribution in [0.15, 0.2) is 64.5 Å². The van der Waals surface area contributed by atoms with Crippen LogP contribution in [0.1, 0.15) is 22.3 Å². The number of rotatable bonds is 5. The first kappa shape index (κ1) is 26.2. The molecule has 0 bridgehead atoms. The third kappa shape index (κ3) is 6.12. The number of hydrogen-bond donors (Lipinski definition) is 1. The summed E-state index contributed by atoms with van der Waals surface area (Å²) in [4.78, 5) is 27.6. The minimum atomic E-state index is -4.75. The molecule has 1 heterocycles. The Morgan fingerprint density at radius 3 is 2.46 bits per heavy atom. The summed E-state index contributed by atoms with van der Waals surface area (Å²) in [7, 11) is 0. The van der Waals surface area contributed by atoms with Gasteiger partial charge in [-0.1, -0.05) is 35.4 Å². The largest absolute Gasteiger partial charge is 0.449 e. The van der Waals surface area contributed by atoms with Gasteiger partial charge >= 0.3 is 11.9 Å². The number of alkyl halides is 3. The summed E-state index contributed by atoms with van der Waals surface area (Å²) in [6.07, 6.45) is -3.16. The van der Waals surface area contributed by atoms with Crippen molar-refractivity contribution in [3.63, 3.8) is 0 Å². The maximum absolute atomic E-state index is 12.9. The fourth-order valence-electron chi connectivity index (χ4n) is 3.40. The van der Waals surface area contributed by atoms with Gasteiger partial charge in [0.15, 0.2) is 5.17 Å². The lowest BCUT2D eigenvalue weighted by Gasteiger charge is -2.11. The van der Waals surface area contributed by atoms with Gasteiger partial charge in [0.2, 0.25) is 5.75 Å². The lowest BCUT2D eigenvalue weighted by atomic mass is 10.1. The number of carbonyl (C=O) groups excluding carboxylic acids is 1. The van der Waals surface area contributed by atoms with E-state index in [0.717, 1.165) is 34.6 Å². The molecule has 1 saturated heterocycles. The first-order chi connectivity index (χ1) is 17.4. The fourth-order valence-corrected chi connectivity index (χ4v) is 4.47. The summed E-state index contributed by atoms with van der Waals surface area (Å²) < 4.78 is 44.2. The SMILES string of the molecule is Cc1ccc(N=C2NC(=O)/C(=C/c3ccc(Oc4ccc(C(F)(F)F)cc4[N+](=O)[O-])c(Cl)c3)S2)c(C)c1. The summed E-state index contributed by atoms with van der Waals surface area (Å²) in [5.74, 6) is -0.748. The van der Waals surface area contributed by atoms with Crippen LogP contribution in [0, 0.1) is 24.0 Å². The summed E-state index contributed by atoms with van der Waals surface area (Å²) in [6, 6.07) is 12.1. The van der Waals surface area contributed by atoms with E-state index >= 15 is 0 Å². The molecule has 1 aliphatic rings. The number of amidine groups is 1. The van der Waals surface area contributed by atoms with Crippen LogP contribution in [0.25, 0.3) is 6.08 Å². The predicted octanol–water partition coefficient (Wildman–Crippen LogP) is 7.57. The molecule has 0 atom stereocenters. The average Bonchev–Trinajstić information content (AvgIpc) is 3.15. The Morgan fingerprint density at radius 1 is 1.08 bits per heavy atom. The van der Waals surface area contributed by atoms with Gasteiger partial charge in [0.1, 0.15) is 5.75 Å². The Labute approximate surface area is 218 Å². The van der Waals surface area contributed by atoms with Crippen LogP contribution in [0.4, 0.5) is 24.5 Å². The third-order valence-corrected chi connectivity index (χ3v) is 6.39. The van der Waals surface area contributed by atoms with Crippen LogP contribution in [0.3, 0.4) is 0 Å². The number of ether oxygens (including phenoxy) is 1. The number of hydrogen-bond acceptors (Lipinski definition) is 6. The average molecular weight is 548 g/mol. The van der Waals surface area contributed by atoms with Gasteiger partial charge in [-0.05, 0) is 73.1 Å². The normalized spacial score (nSPS) is 15.8. The summed E-state index contributed by atoms with van der Waals surface area (Å²) in [6.45, 7) is 3.90. The summed E-state index contributed by atoms with van der Waals surface area (Å²) in [5, 5.41) is 14.5. The molecule has 0 aromatic heterocycles. The van der Waals surface area contributed by atoms with Gasteiger partial charge in [0, 0.05) is 6.07 Å². The molecule has 0 saturated carbocycles. The highest BCUT2D eigenvalue weighted by atomic mass is 35.5. The maximum Gasteiger partial charge on any atom is 0.416 e. The van der Waals surface area contributed by atoms with Crippen molar-refractivity contribution in [2.24, 2.45) is 4.99 Å². The van der Waals surface area contributed by atoms with Gasteiger partial charge in [0.25, 0.3) is 5.91 Å². The molecular formula is C25H17ClF3N3O4S. The van der Waals surface area contributed by atoms with E-state index in [9.17, 15) is 28.1 Å². The second kappa shape index (κ2) is 10.3. The third-order valence-electron chi connectivity index (χ3n) is 5.18. The Bertz CT molecular complexity index is 1490. The molecule has 7 nitrogen and oxygen atoms in total. The smallest absolute Gasteiger partial charge is 0.416 e. The number of nitrogens with one attached hydrogen (secondary N) is 1. The molecule has 1 N–H and O–H groups in total. The second-order valence-corrected chi connectivity index (χ2v) is 9.44. The van der Waals surface area contributed by atoms with Crippen molar-refractivity contribution in [3.05, 3.63) is 96.9 Å². The minimum absolute atomic E-state index is 0.00713. The molecule has 0 spiro atoms. The molecule has 1 fully saturated rings.